The summed E-state index contributed by atoms with van der Waals surface area (Å²) in [5.41, 5.74) is 1.92. The summed E-state index contributed by atoms with van der Waals surface area (Å²) in [4.78, 5) is 0. The predicted octanol–water partition coefficient (Wildman–Crippen LogP) is -1.54. The molecule has 0 unspecified atom stereocenters. The largest absolute Gasteiger partial charge is 0.294 e. The number of rotatable bonds is 0. The van der Waals surface area contributed by atoms with Crippen molar-refractivity contribution in [1.29, 1.82) is 10.7 Å². The molecule has 0 saturated carbocycles. The van der Waals surface area contributed by atoms with Gasteiger partial charge in [0.25, 0.3) is 0 Å². The highest BCUT2D eigenvalue weighted by Crippen LogP contribution is 1.44. The molecule has 0 aromatic carbocycles. The second kappa shape index (κ2) is 2.93. The number of nitrogens with two attached hydrogens (primary N) is 1. The molecule has 0 aliphatic rings. The first kappa shape index (κ1) is 5.72. The van der Waals surface area contributed by atoms with Gasteiger partial charge in [-0.05, 0) is 0 Å². The monoisotopic (exact) mass is 99.1 g/mol. The molecule has 0 heterocycles. The fraction of sp³-hybridized carbons (Fsp3) is 0. The zero-order valence-electron chi connectivity index (χ0n) is 3.52. The maximum Gasteiger partial charge on any atom is 0.216 e. The Kier molecular flexibility index (Phi) is 2.40. The van der Waals surface area contributed by atoms with Gasteiger partial charge in [-0.3, -0.25) is 16.2 Å². The number of nitrogens with one attached hydrogen (secondary N) is 3. The summed E-state index contributed by atoms with van der Waals surface area (Å²) in [7, 11) is 0. The lowest BCUT2D eigenvalue weighted by Crippen LogP contribution is -2.38. The fourth-order valence-electron chi connectivity index (χ4n) is 0.0920. The second-order valence-corrected chi connectivity index (χ2v) is 0.756. The Morgan fingerprint density at radius 1 is 1.86 bits per heavy atom. The summed E-state index contributed by atoms with van der Waals surface area (Å²) in [6.07, 6.45) is 1.50. The Morgan fingerprint density at radius 3 is 2.57 bits per heavy atom. The second-order valence-electron chi connectivity index (χ2n) is 0.756. The van der Waals surface area contributed by atoms with E-state index in [4.69, 9.17) is 10.7 Å². The van der Waals surface area contributed by atoms with Gasteiger partial charge in [0.2, 0.25) is 5.96 Å². The van der Waals surface area contributed by atoms with Crippen molar-refractivity contribution in [3.8, 4) is 6.19 Å². The van der Waals surface area contributed by atoms with Crippen molar-refractivity contribution in [2.24, 2.45) is 5.84 Å². The van der Waals surface area contributed by atoms with Gasteiger partial charge in [0.1, 0.15) is 0 Å². The number of nitrogens with zero attached hydrogens (tertiary/aromatic N) is 1. The molecular formula is C2H5N5. The highest BCUT2D eigenvalue weighted by atomic mass is 15.3. The summed E-state index contributed by atoms with van der Waals surface area (Å²) in [5, 5.41) is 16.3. The normalized spacial score (nSPS) is 6.29. The van der Waals surface area contributed by atoms with Gasteiger partial charge in [-0.25, -0.2) is 5.84 Å². The van der Waals surface area contributed by atoms with E-state index in [-0.39, 0.29) is 5.96 Å². The molecule has 0 aliphatic carbocycles. The molecule has 5 N–H and O–H groups in total. The maximum atomic E-state index is 7.77. The van der Waals surface area contributed by atoms with Gasteiger partial charge in [0.05, 0.1) is 0 Å². The molecule has 7 heavy (non-hydrogen) atoms. The van der Waals surface area contributed by atoms with Crippen molar-refractivity contribution in [3.63, 3.8) is 0 Å². The Bertz CT molecular complexity index is 99.1. The minimum Gasteiger partial charge on any atom is -0.294 e. The number of hydrogen-bond donors (Lipinski definition) is 4. The lowest BCUT2D eigenvalue weighted by molar-refractivity contribution is 0.956. The standard InChI is InChI=1S/C2H5N5/c3-1-6-2(4)7-5/h5H2,(H3,4,6,7). The van der Waals surface area contributed by atoms with Gasteiger partial charge in [-0.15, -0.1) is 0 Å². The summed E-state index contributed by atoms with van der Waals surface area (Å²) >= 11 is 0. The molecule has 0 saturated heterocycles. The molecule has 0 rings (SSSR count). The SMILES string of the molecule is N#CNC(=N)NN. The third-order valence-corrected chi connectivity index (χ3v) is 0.325. The van der Waals surface area contributed by atoms with Crippen LogP contribution in [0.2, 0.25) is 0 Å². The minimum absolute atomic E-state index is 0.206. The van der Waals surface area contributed by atoms with E-state index in [0.717, 1.165) is 0 Å². The third-order valence-electron chi connectivity index (χ3n) is 0.325. The van der Waals surface area contributed by atoms with E-state index in [1.165, 1.54) is 6.19 Å². The first-order chi connectivity index (χ1) is 3.31. The van der Waals surface area contributed by atoms with Crippen LogP contribution in [0.4, 0.5) is 0 Å². The van der Waals surface area contributed by atoms with Gasteiger partial charge in [0.15, 0.2) is 6.19 Å². The molecule has 0 fully saturated rings. The average Bonchev–Trinajstić information content (AvgIpc) is 1.68. The van der Waals surface area contributed by atoms with E-state index in [1.54, 1.807) is 0 Å². The lowest BCUT2D eigenvalue weighted by atomic mass is 11.0. The van der Waals surface area contributed by atoms with Crippen molar-refractivity contribution in [1.82, 2.24) is 10.7 Å². The van der Waals surface area contributed by atoms with Gasteiger partial charge in [-0.1, -0.05) is 0 Å². The molecule has 0 aromatic rings. The summed E-state index contributed by atoms with van der Waals surface area (Å²) < 4.78 is 0. The summed E-state index contributed by atoms with van der Waals surface area (Å²) in [6, 6.07) is 0. The van der Waals surface area contributed by atoms with Crippen LogP contribution in [0.3, 0.4) is 0 Å². The van der Waals surface area contributed by atoms with E-state index < -0.39 is 0 Å². The van der Waals surface area contributed by atoms with Crippen LogP contribution in [-0.2, 0) is 0 Å². The Morgan fingerprint density at radius 2 is 2.43 bits per heavy atom. The molecule has 0 amide bonds. The van der Waals surface area contributed by atoms with E-state index in [1.807, 2.05) is 10.7 Å². The van der Waals surface area contributed by atoms with Crippen LogP contribution < -0.4 is 16.6 Å². The lowest BCUT2D eigenvalue weighted by Gasteiger charge is -1.92. The fourth-order valence-corrected chi connectivity index (χ4v) is 0.0920. The Balaban J connectivity index is 3.23. The third kappa shape index (κ3) is 2.52. The van der Waals surface area contributed by atoms with Crippen LogP contribution in [0, 0.1) is 16.9 Å². The van der Waals surface area contributed by atoms with E-state index in [2.05, 4.69) is 5.84 Å². The van der Waals surface area contributed by atoms with E-state index in [0.29, 0.717) is 0 Å². The molecule has 0 atom stereocenters. The van der Waals surface area contributed by atoms with E-state index >= 15 is 0 Å². The highest BCUT2D eigenvalue weighted by Gasteiger charge is 1.81. The quantitative estimate of drug-likeness (QED) is 0.0738. The van der Waals surface area contributed by atoms with Crippen LogP contribution in [0.25, 0.3) is 0 Å². The molecule has 0 spiro atoms. The van der Waals surface area contributed by atoms with Crippen molar-refractivity contribution in [2.75, 3.05) is 0 Å². The predicted molar refractivity (Wildman–Crippen MR) is 23.8 cm³/mol. The Labute approximate surface area is 40.6 Å². The van der Waals surface area contributed by atoms with Gasteiger partial charge in [0, 0.05) is 0 Å². The molecule has 0 bridgehead atoms. The van der Waals surface area contributed by atoms with Gasteiger partial charge >= 0.3 is 0 Å². The number of guanidine groups is 1. The van der Waals surface area contributed by atoms with Crippen LogP contribution in [-0.4, -0.2) is 5.96 Å². The van der Waals surface area contributed by atoms with Crippen LogP contribution in [0.5, 0.6) is 0 Å². The van der Waals surface area contributed by atoms with Crippen molar-refractivity contribution in [3.05, 3.63) is 0 Å². The van der Waals surface area contributed by atoms with Crippen molar-refractivity contribution in [2.45, 2.75) is 0 Å². The van der Waals surface area contributed by atoms with Gasteiger partial charge in [-0.2, -0.15) is 5.26 Å². The molecule has 0 aliphatic heterocycles. The first-order valence-corrected chi connectivity index (χ1v) is 1.51. The zero-order valence-corrected chi connectivity index (χ0v) is 3.52. The topological polar surface area (TPSA) is 97.7 Å². The summed E-state index contributed by atoms with van der Waals surface area (Å²) in [5.74, 6) is 4.46. The van der Waals surface area contributed by atoms with Crippen molar-refractivity contribution < 1.29 is 0 Å². The highest BCUT2D eigenvalue weighted by molar-refractivity contribution is 5.77. The van der Waals surface area contributed by atoms with Crippen molar-refractivity contribution >= 4 is 5.96 Å². The van der Waals surface area contributed by atoms with Crippen LogP contribution >= 0.6 is 0 Å². The smallest absolute Gasteiger partial charge is 0.216 e. The van der Waals surface area contributed by atoms with E-state index in [9.17, 15) is 0 Å². The molecule has 5 nitrogen and oxygen atoms in total. The van der Waals surface area contributed by atoms with Crippen LogP contribution in [0.1, 0.15) is 0 Å². The van der Waals surface area contributed by atoms with Crippen LogP contribution in [0.15, 0.2) is 0 Å². The molecular weight excluding hydrogens is 94.1 g/mol. The molecule has 0 aromatic heterocycles. The molecule has 0 radical (unpaired) electrons. The molecule has 38 valence electrons. The number of nitriles is 1. The maximum absolute atomic E-state index is 7.77. The zero-order chi connectivity index (χ0) is 5.70. The number of hydrazine groups is 1. The Hall–Kier alpha value is -1.28. The number of hydrogen-bond acceptors (Lipinski definition) is 3. The van der Waals surface area contributed by atoms with Gasteiger partial charge < -0.3 is 0 Å². The average molecular weight is 99.1 g/mol. The first-order valence-electron chi connectivity index (χ1n) is 1.51. The molecule has 5 heteroatoms. The summed E-state index contributed by atoms with van der Waals surface area (Å²) in [6.45, 7) is 0. The minimum atomic E-state index is -0.206.